The number of rotatable bonds is 6. The van der Waals surface area contributed by atoms with Crippen molar-refractivity contribution in [1.29, 1.82) is 0 Å². The predicted octanol–water partition coefficient (Wildman–Crippen LogP) is 2.62. The summed E-state index contributed by atoms with van der Waals surface area (Å²) in [5, 5.41) is 0. The van der Waals surface area contributed by atoms with Crippen LogP contribution in [-0.4, -0.2) is 29.8 Å². The van der Waals surface area contributed by atoms with E-state index in [0.29, 0.717) is 13.2 Å². The van der Waals surface area contributed by atoms with Gasteiger partial charge in [0.25, 0.3) is 0 Å². The Morgan fingerprint density at radius 3 is 0.750 bits per heavy atom. The van der Waals surface area contributed by atoms with Gasteiger partial charge in [0.1, 0.15) is 0 Å². The first kappa shape index (κ1) is 56.4. The van der Waals surface area contributed by atoms with E-state index >= 15 is 0 Å². The van der Waals surface area contributed by atoms with Crippen molar-refractivity contribution >= 4 is 16.6 Å². The molecule has 8 nitrogen and oxygen atoms in total. The average Bonchev–Trinajstić information content (AvgIpc) is 2.66. The molecule has 0 aliphatic carbocycles. The van der Waals surface area contributed by atoms with Crippen molar-refractivity contribution in [2.45, 2.75) is 39.3 Å². The van der Waals surface area contributed by atoms with Gasteiger partial charge in [-0.25, -0.2) is 0 Å². The SMILES string of the molecule is C[Si](C)(C)OC[C]=[C]CO[Si](C)(C)C.[C-]#[O+].[C-]#[O+].[C-]#[O+].[C-]#[O+].[C-]#[O+].[C-]#[O+].[Co].[Co]. The van der Waals surface area contributed by atoms with E-state index in [1.54, 1.807) is 0 Å². The van der Waals surface area contributed by atoms with Crippen molar-refractivity contribution in [2.24, 2.45) is 0 Å². The fourth-order valence-corrected chi connectivity index (χ4v) is 1.62. The zero-order chi connectivity index (χ0) is 23.2. The molecule has 0 aliphatic heterocycles. The van der Waals surface area contributed by atoms with Gasteiger partial charge in [0.15, 0.2) is 16.6 Å². The van der Waals surface area contributed by atoms with Crippen LogP contribution < -0.4 is 0 Å². The molecular weight excluding hydrogens is 494 g/mol. The quantitative estimate of drug-likeness (QED) is 0.305. The molecule has 0 unspecified atom stereocenters. The molecule has 0 aromatic heterocycles. The first-order chi connectivity index (χ1) is 12.2. The van der Waals surface area contributed by atoms with Gasteiger partial charge in [-0.05, 0) is 51.4 Å². The van der Waals surface area contributed by atoms with Gasteiger partial charge in [-0.1, -0.05) is 0 Å². The van der Waals surface area contributed by atoms with Crippen LogP contribution in [0.1, 0.15) is 0 Å². The molecule has 0 amide bonds. The molecule has 0 N–H and O–H groups in total. The van der Waals surface area contributed by atoms with Gasteiger partial charge < -0.3 is 8.85 Å². The maximum absolute atomic E-state index is 7.50. The molecule has 4 radical (unpaired) electrons. The van der Waals surface area contributed by atoms with Crippen LogP contribution in [0.5, 0.6) is 0 Å². The van der Waals surface area contributed by atoms with Crippen molar-refractivity contribution in [3.8, 4) is 0 Å². The normalized spacial score (nSPS) is 7.36. The third-order valence-corrected chi connectivity index (χ3v) is 3.30. The Bertz CT molecular complexity index is 337. The zero-order valence-corrected chi connectivity index (χ0v) is 20.4. The monoisotopic (exact) mass is 516 g/mol. The molecule has 0 atom stereocenters. The molecule has 0 rings (SSSR count). The molecule has 0 aliphatic rings. The van der Waals surface area contributed by atoms with Crippen molar-refractivity contribution in [2.75, 3.05) is 13.2 Å². The van der Waals surface area contributed by atoms with E-state index in [2.05, 4.69) is 91.3 Å². The fraction of sp³-hybridized carbons (Fsp3) is 0.500. The first-order valence-corrected chi connectivity index (χ1v) is 13.0. The third-order valence-electron chi connectivity index (χ3n) is 1.28. The summed E-state index contributed by atoms with van der Waals surface area (Å²) in [5.41, 5.74) is 0. The maximum atomic E-state index is 7.50. The molecule has 0 saturated heterocycles. The molecule has 0 aromatic carbocycles. The summed E-state index contributed by atoms with van der Waals surface area (Å²) in [7, 11) is -2.78. The molecular formula is C16H22Co2O8Si2. The second-order valence-corrected chi connectivity index (χ2v) is 14.2. The standard InChI is InChI=1S/C10H22O2Si2.6CO.2Co/c1-13(2,3)11-9-7-8-10-12-14(4,5)6;6*1-2;;/h9-10H2,1-6H3;;;;;;;;. The van der Waals surface area contributed by atoms with Crippen molar-refractivity contribution in [3.05, 3.63) is 52.1 Å². The Morgan fingerprint density at radius 1 is 0.500 bits per heavy atom. The van der Waals surface area contributed by atoms with Gasteiger partial charge in [-0.3, -0.25) is 0 Å². The summed E-state index contributed by atoms with van der Waals surface area (Å²) in [6.45, 7) is 41.1. The second kappa shape index (κ2) is 56.3. The molecule has 28 heavy (non-hydrogen) atoms. The van der Waals surface area contributed by atoms with Gasteiger partial charge in [-0.15, -0.1) is 0 Å². The van der Waals surface area contributed by atoms with Crippen molar-refractivity contribution in [1.82, 2.24) is 0 Å². The van der Waals surface area contributed by atoms with E-state index < -0.39 is 16.6 Å². The molecule has 0 fully saturated rings. The van der Waals surface area contributed by atoms with Gasteiger partial charge in [-0.2, -0.15) is 0 Å². The molecule has 0 saturated carbocycles. The number of hydrogen-bond acceptors (Lipinski definition) is 2. The van der Waals surface area contributed by atoms with Crippen LogP contribution >= 0.6 is 0 Å². The average molecular weight is 516 g/mol. The van der Waals surface area contributed by atoms with E-state index in [1.165, 1.54) is 0 Å². The Balaban J connectivity index is -0.0000000315. The fourth-order valence-electron chi connectivity index (χ4n) is 0.607. The minimum absolute atomic E-state index is 0. The van der Waals surface area contributed by atoms with Gasteiger partial charge in [0.05, 0.1) is 13.2 Å². The Kier molecular flexibility index (Phi) is 113. The van der Waals surface area contributed by atoms with E-state index in [-0.39, 0.29) is 33.6 Å². The third kappa shape index (κ3) is 138. The summed E-state index contributed by atoms with van der Waals surface area (Å²) < 4.78 is 56.2. The van der Waals surface area contributed by atoms with E-state index in [0.717, 1.165) is 0 Å². The summed E-state index contributed by atoms with van der Waals surface area (Å²) in [5.74, 6) is 0. The topological polar surface area (TPSA) is 138 Å². The summed E-state index contributed by atoms with van der Waals surface area (Å²) >= 11 is 0. The molecule has 12 heteroatoms. The summed E-state index contributed by atoms with van der Waals surface area (Å²) in [6, 6.07) is 0. The Morgan fingerprint density at radius 2 is 0.643 bits per heavy atom. The van der Waals surface area contributed by atoms with Gasteiger partial charge >= 0.3 is 67.8 Å². The van der Waals surface area contributed by atoms with Crippen LogP contribution in [0.4, 0.5) is 0 Å². The minimum atomic E-state index is -1.39. The molecule has 160 valence electrons. The van der Waals surface area contributed by atoms with E-state index in [1.807, 2.05) is 0 Å². The van der Waals surface area contributed by atoms with Crippen LogP contribution in [0, 0.1) is 52.1 Å². The van der Waals surface area contributed by atoms with Crippen molar-refractivity contribution in [3.63, 3.8) is 0 Å². The summed E-state index contributed by atoms with van der Waals surface area (Å²) in [4.78, 5) is 0. The summed E-state index contributed by atoms with van der Waals surface area (Å²) in [6.07, 6.45) is 5.95. The second-order valence-electron chi connectivity index (χ2n) is 5.16. The van der Waals surface area contributed by atoms with Gasteiger partial charge in [0, 0.05) is 33.6 Å². The maximum Gasteiger partial charge on any atom is 0 e. The van der Waals surface area contributed by atoms with Crippen LogP contribution in [0.25, 0.3) is 0 Å². The molecule has 0 bridgehead atoms. The minimum Gasteiger partial charge on any atom is 0 e. The molecule has 0 aromatic rings. The number of hydrogen-bond donors (Lipinski definition) is 0. The predicted molar refractivity (Wildman–Crippen MR) is 88.7 cm³/mol. The Labute approximate surface area is 191 Å². The van der Waals surface area contributed by atoms with Crippen molar-refractivity contribution < 1.29 is 70.3 Å². The van der Waals surface area contributed by atoms with E-state index in [4.69, 9.17) is 36.8 Å². The molecule has 0 spiro atoms. The smallest absolute Gasteiger partial charge is 0 e. The van der Waals surface area contributed by atoms with Crippen LogP contribution in [0.15, 0.2) is 0 Å². The van der Waals surface area contributed by atoms with Crippen LogP contribution in [0.2, 0.25) is 39.3 Å². The Hall–Kier alpha value is -0.453. The van der Waals surface area contributed by atoms with Crippen LogP contribution in [-0.2, 0) is 70.3 Å². The van der Waals surface area contributed by atoms with E-state index in [9.17, 15) is 0 Å². The van der Waals surface area contributed by atoms with Crippen LogP contribution in [0.3, 0.4) is 0 Å². The first-order valence-electron chi connectivity index (χ1n) is 6.17. The molecule has 0 heterocycles. The largest absolute Gasteiger partial charge is 0 e. The van der Waals surface area contributed by atoms with Gasteiger partial charge in [0.2, 0.25) is 0 Å². The zero-order valence-electron chi connectivity index (χ0n) is 16.3.